The van der Waals surface area contributed by atoms with Crippen molar-refractivity contribution in [1.29, 1.82) is 0 Å². The molecule has 0 amide bonds. The van der Waals surface area contributed by atoms with Crippen LogP contribution in [-0.2, 0) is 0 Å². The highest BCUT2D eigenvalue weighted by Crippen LogP contribution is 2.23. The average Bonchev–Trinajstić information content (AvgIpc) is 2.12. The van der Waals surface area contributed by atoms with E-state index in [0.717, 1.165) is 13.1 Å². The molecule has 1 atom stereocenters. The highest BCUT2D eigenvalue weighted by atomic mass is 79.9. The van der Waals surface area contributed by atoms with Crippen LogP contribution in [0.15, 0.2) is 28.7 Å². The first kappa shape index (κ1) is 10.1. The second-order valence-corrected chi connectivity index (χ2v) is 4.62. The Hall–Kier alpha value is -0.380. The van der Waals surface area contributed by atoms with Gasteiger partial charge < -0.3 is 10.6 Å². The van der Waals surface area contributed by atoms with Gasteiger partial charge in [0.2, 0.25) is 0 Å². The minimum atomic E-state index is 0.415. The standard InChI is InChI=1S/C11H15BrN2/c1-8(14-9-6-13-7-9)10-4-2-3-5-11(10)12/h2-5,8-9,13-14H,6-7H2,1H3/t8-/m1/s1. The lowest BCUT2D eigenvalue weighted by Gasteiger charge is -2.31. The number of rotatable bonds is 3. The highest BCUT2D eigenvalue weighted by molar-refractivity contribution is 9.10. The van der Waals surface area contributed by atoms with E-state index in [1.807, 2.05) is 6.07 Å². The van der Waals surface area contributed by atoms with E-state index in [1.54, 1.807) is 0 Å². The number of hydrogen-bond acceptors (Lipinski definition) is 2. The molecule has 1 aromatic carbocycles. The van der Waals surface area contributed by atoms with Crippen molar-refractivity contribution in [2.45, 2.75) is 19.0 Å². The maximum atomic E-state index is 3.58. The Balaban J connectivity index is 2.02. The summed E-state index contributed by atoms with van der Waals surface area (Å²) in [5, 5.41) is 6.84. The Morgan fingerprint density at radius 2 is 2.14 bits per heavy atom. The van der Waals surface area contributed by atoms with Gasteiger partial charge in [0.05, 0.1) is 0 Å². The first-order valence-electron chi connectivity index (χ1n) is 4.98. The fourth-order valence-corrected chi connectivity index (χ4v) is 2.30. The monoisotopic (exact) mass is 254 g/mol. The largest absolute Gasteiger partial charge is 0.314 e. The van der Waals surface area contributed by atoms with E-state index in [9.17, 15) is 0 Å². The molecule has 76 valence electrons. The molecule has 0 aromatic heterocycles. The molecule has 0 spiro atoms. The normalized spacial score (nSPS) is 19.0. The molecule has 1 aliphatic rings. The molecule has 0 unspecified atom stereocenters. The summed E-state index contributed by atoms with van der Waals surface area (Å²) in [6.07, 6.45) is 0. The summed E-state index contributed by atoms with van der Waals surface area (Å²) < 4.78 is 1.19. The maximum absolute atomic E-state index is 3.58. The molecule has 0 radical (unpaired) electrons. The number of hydrogen-bond donors (Lipinski definition) is 2. The molecule has 1 fully saturated rings. The quantitative estimate of drug-likeness (QED) is 0.864. The van der Waals surface area contributed by atoms with Crippen LogP contribution in [0.25, 0.3) is 0 Å². The first-order chi connectivity index (χ1) is 6.77. The summed E-state index contributed by atoms with van der Waals surface area (Å²) in [5.74, 6) is 0. The summed E-state index contributed by atoms with van der Waals surface area (Å²) in [4.78, 5) is 0. The van der Waals surface area contributed by atoms with Crippen LogP contribution in [-0.4, -0.2) is 19.1 Å². The van der Waals surface area contributed by atoms with Crippen LogP contribution in [0.3, 0.4) is 0 Å². The van der Waals surface area contributed by atoms with Crippen LogP contribution in [0.4, 0.5) is 0 Å². The van der Waals surface area contributed by atoms with Gasteiger partial charge in [0.15, 0.2) is 0 Å². The van der Waals surface area contributed by atoms with E-state index in [0.29, 0.717) is 12.1 Å². The molecular formula is C11H15BrN2. The first-order valence-corrected chi connectivity index (χ1v) is 5.78. The Bertz CT molecular complexity index is 310. The van der Waals surface area contributed by atoms with Gasteiger partial charge in [-0.2, -0.15) is 0 Å². The molecule has 2 N–H and O–H groups in total. The van der Waals surface area contributed by atoms with E-state index in [-0.39, 0.29) is 0 Å². The molecule has 0 aliphatic carbocycles. The van der Waals surface area contributed by atoms with Gasteiger partial charge in [0, 0.05) is 29.6 Å². The van der Waals surface area contributed by atoms with Crippen LogP contribution >= 0.6 is 15.9 Å². The molecule has 2 rings (SSSR count). The molecule has 0 bridgehead atoms. The number of benzene rings is 1. The third-order valence-electron chi connectivity index (χ3n) is 2.64. The fourth-order valence-electron chi connectivity index (χ4n) is 1.68. The molecule has 0 saturated carbocycles. The van der Waals surface area contributed by atoms with Gasteiger partial charge in [-0.15, -0.1) is 0 Å². The summed E-state index contributed by atoms with van der Waals surface area (Å²) in [5.41, 5.74) is 1.33. The van der Waals surface area contributed by atoms with Crippen LogP contribution in [0.5, 0.6) is 0 Å². The van der Waals surface area contributed by atoms with Crippen molar-refractivity contribution in [2.75, 3.05) is 13.1 Å². The van der Waals surface area contributed by atoms with Crippen molar-refractivity contribution in [1.82, 2.24) is 10.6 Å². The zero-order valence-electron chi connectivity index (χ0n) is 8.26. The third kappa shape index (κ3) is 2.16. The molecular weight excluding hydrogens is 240 g/mol. The lowest BCUT2D eigenvalue weighted by atomic mass is 10.1. The van der Waals surface area contributed by atoms with Crippen molar-refractivity contribution >= 4 is 15.9 Å². The Morgan fingerprint density at radius 3 is 2.71 bits per heavy atom. The van der Waals surface area contributed by atoms with Crippen LogP contribution < -0.4 is 10.6 Å². The molecule has 2 nitrogen and oxygen atoms in total. The van der Waals surface area contributed by atoms with Gasteiger partial charge in [-0.05, 0) is 18.6 Å². The van der Waals surface area contributed by atoms with Crippen molar-refractivity contribution < 1.29 is 0 Å². The molecule has 1 aliphatic heterocycles. The van der Waals surface area contributed by atoms with Gasteiger partial charge >= 0.3 is 0 Å². The van der Waals surface area contributed by atoms with Crippen LogP contribution in [0.2, 0.25) is 0 Å². The van der Waals surface area contributed by atoms with Gasteiger partial charge in [-0.1, -0.05) is 34.1 Å². The molecule has 1 heterocycles. The minimum absolute atomic E-state index is 0.415. The van der Waals surface area contributed by atoms with E-state index in [1.165, 1.54) is 10.0 Å². The molecule has 14 heavy (non-hydrogen) atoms. The van der Waals surface area contributed by atoms with Gasteiger partial charge in [0.1, 0.15) is 0 Å². The molecule has 3 heteroatoms. The lowest BCUT2D eigenvalue weighted by molar-refractivity contribution is 0.338. The third-order valence-corrected chi connectivity index (χ3v) is 3.36. The van der Waals surface area contributed by atoms with Crippen molar-refractivity contribution in [3.05, 3.63) is 34.3 Å². The van der Waals surface area contributed by atoms with Gasteiger partial charge in [-0.3, -0.25) is 0 Å². The van der Waals surface area contributed by atoms with Gasteiger partial charge in [-0.25, -0.2) is 0 Å². The fraction of sp³-hybridized carbons (Fsp3) is 0.455. The van der Waals surface area contributed by atoms with E-state index < -0.39 is 0 Å². The van der Waals surface area contributed by atoms with E-state index >= 15 is 0 Å². The van der Waals surface area contributed by atoms with Crippen LogP contribution in [0.1, 0.15) is 18.5 Å². The second-order valence-electron chi connectivity index (χ2n) is 3.77. The predicted molar refractivity (Wildman–Crippen MR) is 62.4 cm³/mol. The van der Waals surface area contributed by atoms with E-state index in [2.05, 4.69) is 51.7 Å². The smallest absolute Gasteiger partial charge is 0.0322 e. The molecule has 1 aromatic rings. The summed E-state index contributed by atoms with van der Waals surface area (Å²) >= 11 is 3.57. The highest BCUT2D eigenvalue weighted by Gasteiger charge is 2.19. The van der Waals surface area contributed by atoms with Crippen molar-refractivity contribution in [3.63, 3.8) is 0 Å². The van der Waals surface area contributed by atoms with Crippen LogP contribution in [0, 0.1) is 0 Å². The Kier molecular flexibility index (Phi) is 3.21. The van der Waals surface area contributed by atoms with Crippen molar-refractivity contribution in [2.24, 2.45) is 0 Å². The summed E-state index contributed by atoms with van der Waals surface area (Å²) in [6, 6.07) is 9.43. The predicted octanol–water partition coefficient (Wildman–Crippen LogP) is 2.07. The zero-order chi connectivity index (χ0) is 9.97. The Labute approximate surface area is 93.2 Å². The SMILES string of the molecule is C[C@@H](NC1CNC1)c1ccccc1Br. The Morgan fingerprint density at radius 1 is 1.43 bits per heavy atom. The lowest BCUT2D eigenvalue weighted by Crippen LogP contribution is -2.55. The maximum Gasteiger partial charge on any atom is 0.0322 e. The van der Waals surface area contributed by atoms with Crippen molar-refractivity contribution in [3.8, 4) is 0 Å². The number of nitrogens with one attached hydrogen (secondary N) is 2. The second kappa shape index (κ2) is 4.43. The average molecular weight is 255 g/mol. The summed E-state index contributed by atoms with van der Waals surface area (Å²) in [6.45, 7) is 4.39. The molecule has 1 saturated heterocycles. The number of halogens is 1. The van der Waals surface area contributed by atoms with E-state index in [4.69, 9.17) is 0 Å². The van der Waals surface area contributed by atoms with Gasteiger partial charge in [0.25, 0.3) is 0 Å². The zero-order valence-corrected chi connectivity index (χ0v) is 9.84. The summed E-state index contributed by atoms with van der Waals surface area (Å²) in [7, 11) is 0. The topological polar surface area (TPSA) is 24.1 Å². The minimum Gasteiger partial charge on any atom is -0.314 e.